The van der Waals surface area contributed by atoms with Crippen LogP contribution in [0.3, 0.4) is 0 Å². The van der Waals surface area contributed by atoms with Crippen LogP contribution in [0.5, 0.6) is 6.01 Å². The van der Waals surface area contributed by atoms with Gasteiger partial charge in [-0.2, -0.15) is 18.2 Å². The zero-order chi connectivity index (χ0) is 21.0. The highest BCUT2D eigenvalue weighted by molar-refractivity contribution is 5.61. The molecule has 0 saturated heterocycles. The van der Waals surface area contributed by atoms with Crippen LogP contribution in [0.15, 0.2) is 60.8 Å². The second-order valence-corrected chi connectivity index (χ2v) is 7.42. The molecule has 0 radical (unpaired) electrons. The highest BCUT2D eigenvalue weighted by atomic mass is 19.4. The molecule has 0 bridgehead atoms. The molecule has 4 nitrogen and oxygen atoms in total. The predicted octanol–water partition coefficient (Wildman–Crippen LogP) is 6.48. The van der Waals surface area contributed by atoms with Gasteiger partial charge in [0.15, 0.2) is 0 Å². The molecule has 0 unspecified atom stereocenters. The van der Waals surface area contributed by atoms with Crippen molar-refractivity contribution in [2.45, 2.75) is 44.4 Å². The summed E-state index contributed by atoms with van der Waals surface area (Å²) in [5.74, 6) is 0.146. The van der Waals surface area contributed by atoms with Crippen molar-refractivity contribution in [3.05, 3.63) is 77.5 Å². The number of nitrogens with one attached hydrogen (secondary N) is 1. The molecular formula is C23H22F3N3O. The van der Waals surface area contributed by atoms with Crippen LogP contribution in [0.25, 0.3) is 0 Å². The number of ether oxygens (including phenoxy) is 1. The molecule has 0 spiro atoms. The molecule has 2 aromatic carbocycles. The van der Waals surface area contributed by atoms with Gasteiger partial charge in [-0.3, -0.25) is 0 Å². The molecule has 0 amide bonds. The molecular weight excluding hydrogens is 391 g/mol. The first kappa shape index (κ1) is 20.2. The van der Waals surface area contributed by atoms with E-state index in [1.54, 1.807) is 6.07 Å². The lowest BCUT2D eigenvalue weighted by molar-refractivity contribution is -0.137. The van der Waals surface area contributed by atoms with Crippen LogP contribution in [-0.4, -0.2) is 9.97 Å². The summed E-state index contributed by atoms with van der Waals surface area (Å²) in [6.45, 7) is 0.169. The van der Waals surface area contributed by atoms with E-state index in [1.807, 2.05) is 48.5 Å². The number of halogens is 3. The smallest absolute Gasteiger partial charge is 0.421 e. The third-order valence-electron chi connectivity index (χ3n) is 5.26. The lowest BCUT2D eigenvalue weighted by atomic mass is 9.97. The average Bonchev–Trinajstić information content (AvgIpc) is 3.28. The number of benzene rings is 2. The molecule has 1 N–H and O–H groups in total. The maximum atomic E-state index is 13.5. The van der Waals surface area contributed by atoms with Crippen molar-refractivity contribution in [3.63, 3.8) is 0 Å². The van der Waals surface area contributed by atoms with Gasteiger partial charge in [-0.1, -0.05) is 55.3 Å². The van der Waals surface area contributed by atoms with Gasteiger partial charge < -0.3 is 10.1 Å². The topological polar surface area (TPSA) is 47.0 Å². The first-order chi connectivity index (χ1) is 14.5. The molecule has 30 heavy (non-hydrogen) atoms. The second-order valence-electron chi connectivity index (χ2n) is 7.42. The Morgan fingerprint density at radius 3 is 2.50 bits per heavy atom. The zero-order valence-electron chi connectivity index (χ0n) is 16.3. The third-order valence-corrected chi connectivity index (χ3v) is 5.26. The number of rotatable bonds is 6. The molecule has 1 heterocycles. The molecule has 1 aromatic heterocycles. The summed E-state index contributed by atoms with van der Waals surface area (Å²) in [4.78, 5) is 7.76. The Labute approximate surface area is 173 Å². The minimum Gasteiger partial charge on any atom is -0.459 e. The molecule has 156 valence electrons. The summed E-state index contributed by atoms with van der Waals surface area (Å²) < 4.78 is 46.0. The fourth-order valence-corrected chi connectivity index (χ4v) is 3.73. The van der Waals surface area contributed by atoms with Crippen molar-refractivity contribution in [2.75, 3.05) is 5.32 Å². The Morgan fingerprint density at radius 1 is 1.00 bits per heavy atom. The Hall–Kier alpha value is -3.09. The maximum Gasteiger partial charge on any atom is 0.421 e. The Balaban J connectivity index is 1.57. The normalized spacial score (nSPS) is 14.6. The van der Waals surface area contributed by atoms with Gasteiger partial charge in [0.2, 0.25) is 0 Å². The van der Waals surface area contributed by atoms with Crippen LogP contribution >= 0.6 is 0 Å². The number of anilines is 2. The first-order valence-electron chi connectivity index (χ1n) is 9.97. The SMILES string of the molecule is FC(F)(F)c1cnc(OCc2ccccc2)nc1Nc1cccc(C2CCCC2)c1. The predicted molar refractivity (Wildman–Crippen MR) is 109 cm³/mol. The standard InChI is InChI=1S/C23H22F3N3O/c24-23(25,26)20-14-27-22(30-15-16-7-2-1-3-8-16)29-21(20)28-19-12-6-11-18(13-19)17-9-4-5-10-17/h1-3,6-8,11-14,17H,4-5,9-10,15H2,(H,27,28,29). The summed E-state index contributed by atoms with van der Waals surface area (Å²) >= 11 is 0. The second kappa shape index (κ2) is 8.73. The molecule has 1 fully saturated rings. The van der Waals surface area contributed by atoms with Crippen molar-refractivity contribution >= 4 is 11.5 Å². The number of aromatic nitrogens is 2. The van der Waals surface area contributed by atoms with Crippen LogP contribution < -0.4 is 10.1 Å². The van der Waals surface area contributed by atoms with E-state index in [9.17, 15) is 13.2 Å². The van der Waals surface area contributed by atoms with Crippen LogP contribution in [0.1, 0.15) is 48.3 Å². The van der Waals surface area contributed by atoms with E-state index >= 15 is 0 Å². The van der Waals surface area contributed by atoms with Crippen LogP contribution in [0.2, 0.25) is 0 Å². The number of hydrogen-bond donors (Lipinski definition) is 1. The zero-order valence-corrected chi connectivity index (χ0v) is 16.3. The van der Waals surface area contributed by atoms with E-state index in [0.29, 0.717) is 11.6 Å². The van der Waals surface area contributed by atoms with Gasteiger partial charge in [0.25, 0.3) is 0 Å². The monoisotopic (exact) mass is 413 g/mol. The van der Waals surface area contributed by atoms with Crippen molar-refractivity contribution in [1.29, 1.82) is 0 Å². The van der Waals surface area contributed by atoms with E-state index in [2.05, 4.69) is 15.3 Å². The quantitative estimate of drug-likeness (QED) is 0.503. The lowest BCUT2D eigenvalue weighted by Gasteiger charge is -2.16. The van der Waals surface area contributed by atoms with Gasteiger partial charge in [0, 0.05) is 11.9 Å². The number of hydrogen-bond acceptors (Lipinski definition) is 4. The van der Waals surface area contributed by atoms with Crippen LogP contribution in [0, 0.1) is 0 Å². The van der Waals surface area contributed by atoms with Crippen LogP contribution in [0.4, 0.5) is 24.7 Å². The molecule has 0 atom stereocenters. The molecule has 7 heteroatoms. The fraction of sp³-hybridized carbons (Fsp3) is 0.304. The van der Waals surface area contributed by atoms with E-state index in [-0.39, 0.29) is 18.4 Å². The van der Waals surface area contributed by atoms with Crippen molar-refractivity contribution in [2.24, 2.45) is 0 Å². The van der Waals surface area contributed by atoms with E-state index in [0.717, 1.165) is 30.2 Å². The highest BCUT2D eigenvalue weighted by Gasteiger charge is 2.35. The van der Waals surface area contributed by atoms with Gasteiger partial charge in [0.1, 0.15) is 18.0 Å². The van der Waals surface area contributed by atoms with Gasteiger partial charge in [-0.05, 0) is 42.0 Å². The minimum absolute atomic E-state index is 0.110. The number of nitrogens with zero attached hydrogens (tertiary/aromatic N) is 2. The Bertz CT molecular complexity index is 986. The van der Waals surface area contributed by atoms with Gasteiger partial charge >= 0.3 is 12.2 Å². The highest BCUT2D eigenvalue weighted by Crippen LogP contribution is 2.37. The minimum atomic E-state index is -4.58. The summed E-state index contributed by atoms with van der Waals surface area (Å²) in [6.07, 6.45) is 0.785. The van der Waals surface area contributed by atoms with E-state index in [4.69, 9.17) is 4.74 Å². The lowest BCUT2D eigenvalue weighted by Crippen LogP contribution is -2.12. The average molecular weight is 413 g/mol. The van der Waals surface area contributed by atoms with Gasteiger partial charge in [-0.15, -0.1) is 0 Å². The van der Waals surface area contributed by atoms with E-state index < -0.39 is 11.7 Å². The first-order valence-corrected chi connectivity index (χ1v) is 9.97. The van der Waals surface area contributed by atoms with Crippen molar-refractivity contribution < 1.29 is 17.9 Å². The largest absolute Gasteiger partial charge is 0.459 e. The summed E-state index contributed by atoms with van der Waals surface area (Å²) in [6, 6.07) is 16.7. The Morgan fingerprint density at radius 2 is 1.77 bits per heavy atom. The third kappa shape index (κ3) is 4.90. The summed E-state index contributed by atoms with van der Waals surface area (Å²) in [7, 11) is 0. The van der Waals surface area contributed by atoms with Crippen molar-refractivity contribution in [1.82, 2.24) is 9.97 Å². The van der Waals surface area contributed by atoms with Gasteiger partial charge in [0.05, 0.1) is 0 Å². The molecule has 1 saturated carbocycles. The van der Waals surface area contributed by atoms with Gasteiger partial charge in [-0.25, -0.2) is 4.98 Å². The molecule has 3 aromatic rings. The maximum absolute atomic E-state index is 13.5. The summed E-state index contributed by atoms with van der Waals surface area (Å²) in [5, 5.41) is 2.83. The Kier molecular flexibility index (Phi) is 5.88. The molecule has 0 aliphatic heterocycles. The molecule has 4 rings (SSSR count). The van der Waals surface area contributed by atoms with Crippen LogP contribution in [-0.2, 0) is 12.8 Å². The number of alkyl halides is 3. The fourth-order valence-electron chi connectivity index (χ4n) is 3.73. The summed E-state index contributed by atoms with van der Waals surface area (Å²) in [5.41, 5.74) is 1.65. The molecule has 1 aliphatic carbocycles. The van der Waals surface area contributed by atoms with E-state index in [1.165, 1.54) is 12.8 Å². The van der Waals surface area contributed by atoms with Crippen molar-refractivity contribution in [3.8, 4) is 6.01 Å². The molecule has 1 aliphatic rings.